The van der Waals surface area contributed by atoms with Crippen LogP contribution in [0, 0.1) is 0 Å². The number of ether oxygens (including phenoxy) is 1. The maximum absolute atomic E-state index is 11.5. The number of amides is 1. The first-order valence-corrected chi connectivity index (χ1v) is 5.85. The Kier molecular flexibility index (Phi) is 5.04. The van der Waals surface area contributed by atoms with Crippen LogP contribution in [-0.4, -0.2) is 29.1 Å². The van der Waals surface area contributed by atoms with Crippen molar-refractivity contribution < 1.29 is 14.6 Å². The van der Waals surface area contributed by atoms with Gasteiger partial charge in [0.25, 0.3) is 0 Å². The van der Waals surface area contributed by atoms with E-state index in [4.69, 9.17) is 4.74 Å². The number of carbonyl (C=O) groups is 1. The van der Waals surface area contributed by atoms with Gasteiger partial charge in [0.05, 0.1) is 12.3 Å². The van der Waals surface area contributed by atoms with Gasteiger partial charge < -0.3 is 9.84 Å². The summed E-state index contributed by atoms with van der Waals surface area (Å²) in [5.41, 5.74) is 0.817. The van der Waals surface area contributed by atoms with Crippen molar-refractivity contribution in [2.24, 2.45) is 4.99 Å². The van der Waals surface area contributed by atoms with Crippen molar-refractivity contribution in [3.63, 3.8) is 0 Å². The van der Waals surface area contributed by atoms with E-state index in [0.29, 0.717) is 12.1 Å². The lowest BCUT2D eigenvalue weighted by Crippen LogP contribution is -2.23. The number of aliphatic hydroxyl groups is 1. The van der Waals surface area contributed by atoms with E-state index >= 15 is 0 Å². The first-order valence-electron chi connectivity index (χ1n) is 5.85. The Morgan fingerprint density at radius 3 is 2.39 bits per heavy atom. The molecule has 0 radical (unpaired) electrons. The monoisotopic (exact) mass is 249 g/mol. The highest BCUT2D eigenvalue weighted by molar-refractivity contribution is 5.95. The predicted octanol–water partition coefficient (Wildman–Crippen LogP) is 2.60. The van der Waals surface area contributed by atoms with Gasteiger partial charge in [-0.25, -0.2) is 4.79 Å². The molecule has 0 fully saturated rings. The summed E-state index contributed by atoms with van der Waals surface area (Å²) in [5.74, 6) is 0. The van der Waals surface area contributed by atoms with Gasteiger partial charge in [-0.05, 0) is 26.3 Å². The van der Waals surface area contributed by atoms with E-state index in [2.05, 4.69) is 4.99 Å². The molecule has 0 aliphatic carbocycles. The van der Waals surface area contributed by atoms with Crippen LogP contribution in [0.15, 0.2) is 35.3 Å². The number of aliphatic imine (C=N–C) groups is 1. The summed E-state index contributed by atoms with van der Waals surface area (Å²) in [4.78, 5) is 15.3. The number of hydrogen-bond acceptors (Lipinski definition) is 3. The lowest BCUT2D eigenvalue weighted by atomic mass is 10.1. The van der Waals surface area contributed by atoms with Crippen LogP contribution in [0.25, 0.3) is 0 Å². The molecule has 0 aliphatic rings. The molecule has 0 unspecified atom stereocenters. The minimum absolute atomic E-state index is 0.256. The highest BCUT2D eigenvalue weighted by atomic mass is 16.6. The summed E-state index contributed by atoms with van der Waals surface area (Å²) in [6, 6.07) is 9.54. The summed E-state index contributed by atoms with van der Waals surface area (Å²) in [6.07, 6.45) is -0.223. The van der Waals surface area contributed by atoms with Crippen LogP contribution >= 0.6 is 0 Å². The van der Waals surface area contributed by atoms with Gasteiger partial charge in [0.15, 0.2) is 0 Å². The molecule has 1 N–H and O–H groups in total. The number of aliphatic hydroxyl groups excluding tert-OH is 1. The van der Waals surface area contributed by atoms with E-state index in [1.807, 2.05) is 30.3 Å². The Balaban J connectivity index is 2.69. The Bertz CT molecular complexity index is 418. The van der Waals surface area contributed by atoms with Gasteiger partial charge in [-0.15, -0.1) is 0 Å². The quantitative estimate of drug-likeness (QED) is 0.838. The van der Waals surface area contributed by atoms with Crippen LogP contribution in [0.5, 0.6) is 0 Å². The van der Waals surface area contributed by atoms with Crippen molar-refractivity contribution in [2.75, 3.05) is 6.61 Å². The van der Waals surface area contributed by atoms with E-state index in [-0.39, 0.29) is 6.61 Å². The molecule has 0 saturated carbocycles. The first-order chi connectivity index (χ1) is 8.40. The lowest BCUT2D eigenvalue weighted by Gasteiger charge is -2.17. The number of carbonyl (C=O) groups excluding carboxylic acids is 1. The normalized spacial score (nSPS) is 12.3. The van der Waals surface area contributed by atoms with Crippen LogP contribution in [0.3, 0.4) is 0 Å². The SMILES string of the molecule is CC(C)(C)OC(=O)/N=C(\CO)Cc1ccccc1. The minimum atomic E-state index is -0.664. The zero-order valence-corrected chi connectivity index (χ0v) is 11.0. The molecule has 1 aromatic carbocycles. The average molecular weight is 249 g/mol. The third-order valence-corrected chi connectivity index (χ3v) is 2.08. The molecule has 0 spiro atoms. The highest BCUT2D eigenvalue weighted by Crippen LogP contribution is 2.09. The summed E-state index contributed by atoms with van der Waals surface area (Å²) in [7, 11) is 0. The molecular formula is C14H19NO3. The second-order valence-electron chi connectivity index (χ2n) is 4.98. The number of benzene rings is 1. The van der Waals surface area contributed by atoms with Crippen LogP contribution in [0.4, 0.5) is 4.79 Å². The third kappa shape index (κ3) is 5.59. The van der Waals surface area contributed by atoms with Gasteiger partial charge in [-0.2, -0.15) is 4.99 Å². The zero-order chi connectivity index (χ0) is 13.6. The van der Waals surface area contributed by atoms with Gasteiger partial charge in [0, 0.05) is 6.42 Å². The van der Waals surface area contributed by atoms with Crippen molar-refractivity contribution in [2.45, 2.75) is 32.8 Å². The van der Waals surface area contributed by atoms with Crippen LogP contribution in [-0.2, 0) is 11.2 Å². The standard InChI is InChI=1S/C14H19NO3/c1-14(2,3)18-13(17)15-12(10-16)9-11-7-5-4-6-8-11/h4-8,16H,9-10H2,1-3H3/b15-12-. The third-order valence-electron chi connectivity index (χ3n) is 2.08. The van der Waals surface area contributed by atoms with Gasteiger partial charge in [0.2, 0.25) is 0 Å². The fraction of sp³-hybridized carbons (Fsp3) is 0.429. The Labute approximate surface area is 107 Å². The molecule has 0 saturated heterocycles. The van der Waals surface area contributed by atoms with Crippen LogP contribution in [0.1, 0.15) is 26.3 Å². The molecule has 4 nitrogen and oxygen atoms in total. The molecule has 0 aromatic heterocycles. The molecule has 18 heavy (non-hydrogen) atoms. The largest absolute Gasteiger partial charge is 0.442 e. The molecular weight excluding hydrogens is 230 g/mol. The zero-order valence-electron chi connectivity index (χ0n) is 11.0. The van der Waals surface area contributed by atoms with E-state index in [9.17, 15) is 9.90 Å². The summed E-state index contributed by atoms with van der Waals surface area (Å²) >= 11 is 0. The summed E-state index contributed by atoms with van der Waals surface area (Å²) in [6.45, 7) is 5.07. The summed E-state index contributed by atoms with van der Waals surface area (Å²) in [5, 5.41) is 9.20. The van der Waals surface area contributed by atoms with Crippen molar-refractivity contribution in [1.82, 2.24) is 0 Å². The van der Waals surface area contributed by atoms with E-state index in [0.717, 1.165) is 5.56 Å². The molecule has 4 heteroatoms. The fourth-order valence-corrected chi connectivity index (χ4v) is 1.38. The molecule has 0 aliphatic heterocycles. The number of rotatable bonds is 3. The second-order valence-corrected chi connectivity index (χ2v) is 4.98. The molecule has 1 aromatic rings. The predicted molar refractivity (Wildman–Crippen MR) is 70.9 cm³/mol. The molecule has 1 amide bonds. The van der Waals surface area contributed by atoms with Crippen LogP contribution < -0.4 is 0 Å². The maximum Gasteiger partial charge on any atom is 0.434 e. The van der Waals surface area contributed by atoms with E-state index in [1.165, 1.54) is 0 Å². The summed E-state index contributed by atoms with van der Waals surface area (Å²) < 4.78 is 5.07. The molecule has 0 heterocycles. The van der Waals surface area contributed by atoms with Crippen molar-refractivity contribution in [3.8, 4) is 0 Å². The molecule has 0 bridgehead atoms. The van der Waals surface area contributed by atoms with Gasteiger partial charge in [-0.1, -0.05) is 30.3 Å². The number of nitrogens with zero attached hydrogens (tertiary/aromatic N) is 1. The van der Waals surface area contributed by atoms with Gasteiger partial charge in [0.1, 0.15) is 5.60 Å². The molecule has 1 rings (SSSR count). The topological polar surface area (TPSA) is 58.9 Å². The lowest BCUT2D eigenvalue weighted by molar-refractivity contribution is 0.0603. The van der Waals surface area contributed by atoms with Gasteiger partial charge in [-0.3, -0.25) is 0 Å². The Morgan fingerprint density at radius 1 is 1.28 bits per heavy atom. The smallest absolute Gasteiger partial charge is 0.434 e. The molecule has 98 valence electrons. The van der Waals surface area contributed by atoms with Crippen molar-refractivity contribution in [3.05, 3.63) is 35.9 Å². The van der Waals surface area contributed by atoms with Crippen molar-refractivity contribution in [1.29, 1.82) is 0 Å². The fourth-order valence-electron chi connectivity index (χ4n) is 1.38. The van der Waals surface area contributed by atoms with Crippen molar-refractivity contribution >= 4 is 11.8 Å². The van der Waals surface area contributed by atoms with E-state index < -0.39 is 11.7 Å². The van der Waals surface area contributed by atoms with E-state index in [1.54, 1.807) is 20.8 Å². The maximum atomic E-state index is 11.5. The Hall–Kier alpha value is -1.68. The first kappa shape index (κ1) is 14.4. The minimum Gasteiger partial charge on any atom is -0.442 e. The van der Waals surface area contributed by atoms with Crippen LogP contribution in [0.2, 0.25) is 0 Å². The van der Waals surface area contributed by atoms with Gasteiger partial charge >= 0.3 is 6.09 Å². The average Bonchev–Trinajstić information content (AvgIpc) is 2.27. The number of hydrogen-bond donors (Lipinski definition) is 1. The highest BCUT2D eigenvalue weighted by Gasteiger charge is 2.16. The molecule has 0 atom stereocenters. The Morgan fingerprint density at radius 2 is 1.89 bits per heavy atom. The second kappa shape index (κ2) is 6.31.